The molecule has 0 aromatic heterocycles. The van der Waals surface area contributed by atoms with E-state index in [4.69, 9.17) is 21.1 Å². The Labute approximate surface area is 198 Å². The van der Waals surface area contributed by atoms with Gasteiger partial charge in [-0.25, -0.2) is 8.42 Å². The number of anilines is 1. The molecule has 0 aliphatic rings. The van der Waals surface area contributed by atoms with Crippen molar-refractivity contribution < 1.29 is 22.7 Å². The van der Waals surface area contributed by atoms with Gasteiger partial charge in [0.1, 0.15) is 11.5 Å². The van der Waals surface area contributed by atoms with Crippen molar-refractivity contribution in [2.75, 3.05) is 26.6 Å². The van der Waals surface area contributed by atoms with E-state index in [0.29, 0.717) is 27.8 Å². The van der Waals surface area contributed by atoms with Gasteiger partial charge in [-0.15, -0.1) is 0 Å². The topological polar surface area (TPSA) is 84.9 Å². The van der Waals surface area contributed by atoms with Gasteiger partial charge in [0.05, 0.1) is 30.8 Å². The monoisotopic (exact) mass is 488 g/mol. The second-order valence-corrected chi connectivity index (χ2v) is 9.65. The Kier molecular flexibility index (Phi) is 7.97. The largest absolute Gasteiger partial charge is 0.497 e. The number of methoxy groups -OCH3 is 2. The van der Waals surface area contributed by atoms with Crippen molar-refractivity contribution in [3.05, 3.63) is 83.4 Å². The van der Waals surface area contributed by atoms with Crippen LogP contribution in [-0.2, 0) is 14.8 Å². The lowest BCUT2D eigenvalue weighted by Gasteiger charge is -2.28. The van der Waals surface area contributed by atoms with Crippen molar-refractivity contribution >= 4 is 33.2 Å². The Morgan fingerprint density at radius 1 is 1.00 bits per heavy atom. The molecule has 1 N–H and O–H groups in total. The number of sulfonamides is 1. The summed E-state index contributed by atoms with van der Waals surface area (Å²) < 4.78 is 38.3. The van der Waals surface area contributed by atoms with Crippen LogP contribution in [0, 0.1) is 0 Å². The molecule has 7 nitrogen and oxygen atoms in total. The van der Waals surface area contributed by atoms with Gasteiger partial charge in [0.25, 0.3) is 0 Å². The summed E-state index contributed by atoms with van der Waals surface area (Å²) in [6.45, 7) is 0. The highest BCUT2D eigenvalue weighted by Crippen LogP contribution is 2.32. The minimum atomic E-state index is -3.86. The van der Waals surface area contributed by atoms with E-state index in [1.165, 1.54) is 30.6 Å². The highest BCUT2D eigenvalue weighted by Gasteiger charge is 2.31. The predicted molar refractivity (Wildman–Crippen MR) is 128 cm³/mol. The predicted octanol–water partition coefficient (Wildman–Crippen LogP) is 4.75. The number of rotatable bonds is 9. The minimum Gasteiger partial charge on any atom is -0.497 e. The maximum atomic E-state index is 13.3. The molecule has 3 aromatic carbocycles. The number of benzene rings is 3. The third-order valence-corrected chi connectivity index (χ3v) is 7.29. The lowest BCUT2D eigenvalue weighted by atomic mass is 10.0. The quantitative estimate of drug-likeness (QED) is 0.470. The summed E-state index contributed by atoms with van der Waals surface area (Å²) in [7, 11) is 0.630. The first kappa shape index (κ1) is 24.6. The van der Waals surface area contributed by atoms with Crippen LogP contribution in [0.2, 0.25) is 5.02 Å². The van der Waals surface area contributed by atoms with Gasteiger partial charge in [0.2, 0.25) is 15.9 Å². The molecule has 1 amide bonds. The van der Waals surface area contributed by atoms with Gasteiger partial charge < -0.3 is 14.8 Å². The molecular formula is C24H25ClN2O5S. The molecule has 0 bridgehead atoms. The van der Waals surface area contributed by atoms with Gasteiger partial charge in [-0.1, -0.05) is 41.9 Å². The van der Waals surface area contributed by atoms with Crippen molar-refractivity contribution in [2.45, 2.75) is 17.4 Å². The Balaban J connectivity index is 1.93. The van der Waals surface area contributed by atoms with Crippen molar-refractivity contribution in [3.8, 4) is 11.5 Å². The lowest BCUT2D eigenvalue weighted by molar-refractivity contribution is -0.117. The van der Waals surface area contributed by atoms with E-state index < -0.39 is 22.0 Å². The molecule has 3 rings (SSSR count). The summed E-state index contributed by atoms with van der Waals surface area (Å²) in [5, 5.41) is 3.21. The summed E-state index contributed by atoms with van der Waals surface area (Å²) in [5.41, 5.74) is 1.04. The molecule has 174 valence electrons. The van der Waals surface area contributed by atoms with E-state index >= 15 is 0 Å². The summed E-state index contributed by atoms with van der Waals surface area (Å²) in [6.07, 6.45) is -0.134. The fraction of sp³-hybridized carbons (Fsp3) is 0.208. The zero-order valence-corrected chi connectivity index (χ0v) is 20.1. The molecule has 0 saturated heterocycles. The third-order valence-electron chi connectivity index (χ3n) is 5.17. The molecule has 0 unspecified atom stereocenters. The van der Waals surface area contributed by atoms with Gasteiger partial charge in [-0.3, -0.25) is 4.79 Å². The Morgan fingerprint density at radius 3 is 2.27 bits per heavy atom. The second kappa shape index (κ2) is 10.7. The second-order valence-electron chi connectivity index (χ2n) is 7.22. The Hall–Kier alpha value is -3.07. The molecule has 0 radical (unpaired) electrons. The SMILES string of the molecule is COc1ccc([C@H](CC(=O)Nc2cc(Cl)ccc2OC)N(C)S(=O)(=O)c2ccccc2)cc1. The van der Waals surface area contributed by atoms with E-state index in [2.05, 4.69) is 5.32 Å². The molecule has 3 aromatic rings. The van der Waals surface area contributed by atoms with Crippen LogP contribution in [0.25, 0.3) is 0 Å². The van der Waals surface area contributed by atoms with Gasteiger partial charge in [0.15, 0.2) is 0 Å². The summed E-state index contributed by atoms with van der Waals surface area (Å²) in [4.78, 5) is 13.2. The van der Waals surface area contributed by atoms with Gasteiger partial charge in [-0.2, -0.15) is 4.31 Å². The van der Waals surface area contributed by atoms with Crippen molar-refractivity contribution in [1.29, 1.82) is 0 Å². The molecule has 0 aliphatic heterocycles. The van der Waals surface area contributed by atoms with Crippen molar-refractivity contribution in [1.82, 2.24) is 4.31 Å². The Morgan fingerprint density at radius 2 is 1.67 bits per heavy atom. The third kappa shape index (κ3) is 5.84. The number of ether oxygens (including phenoxy) is 2. The number of hydrogen-bond acceptors (Lipinski definition) is 5. The van der Waals surface area contributed by atoms with Crippen LogP contribution in [-0.4, -0.2) is 39.9 Å². The van der Waals surface area contributed by atoms with Gasteiger partial charge in [-0.05, 0) is 48.0 Å². The van der Waals surface area contributed by atoms with Gasteiger partial charge in [0, 0.05) is 18.5 Å². The average molecular weight is 489 g/mol. The molecule has 0 spiro atoms. The summed E-state index contributed by atoms with van der Waals surface area (Å²) in [6, 6.07) is 19.1. The first-order valence-electron chi connectivity index (χ1n) is 10.1. The molecule has 33 heavy (non-hydrogen) atoms. The number of carbonyl (C=O) groups is 1. The fourth-order valence-corrected chi connectivity index (χ4v) is 4.90. The molecule has 0 heterocycles. The summed E-state index contributed by atoms with van der Waals surface area (Å²) in [5.74, 6) is 0.671. The van der Waals surface area contributed by atoms with Gasteiger partial charge >= 0.3 is 0 Å². The molecule has 0 fully saturated rings. The smallest absolute Gasteiger partial charge is 0.243 e. The van der Waals surface area contributed by atoms with E-state index in [0.717, 1.165) is 0 Å². The molecule has 1 atom stereocenters. The van der Waals surface area contributed by atoms with Crippen LogP contribution in [0.1, 0.15) is 18.0 Å². The van der Waals surface area contributed by atoms with Crippen molar-refractivity contribution in [2.24, 2.45) is 0 Å². The van der Waals surface area contributed by atoms with Crippen LogP contribution >= 0.6 is 11.6 Å². The molecular weight excluding hydrogens is 464 g/mol. The zero-order chi connectivity index (χ0) is 24.0. The fourth-order valence-electron chi connectivity index (χ4n) is 3.36. The number of nitrogens with zero attached hydrogens (tertiary/aromatic N) is 1. The standard InChI is InChI=1S/C24H25ClN2O5S/c1-27(33(29,30)20-7-5-4-6-8-20)22(17-9-12-19(31-2)13-10-17)16-24(28)26-21-15-18(25)11-14-23(21)32-3/h4-15,22H,16H2,1-3H3,(H,26,28)/t22-/m0/s1. The van der Waals surface area contributed by atoms with E-state index in [-0.39, 0.29) is 11.3 Å². The molecule has 9 heteroatoms. The number of nitrogens with one attached hydrogen (secondary N) is 1. The van der Waals surface area contributed by atoms with E-state index in [1.807, 2.05) is 0 Å². The Bertz CT molecular complexity index is 1200. The number of halogens is 1. The van der Waals surface area contributed by atoms with Crippen LogP contribution < -0.4 is 14.8 Å². The molecule has 0 aliphatic carbocycles. The average Bonchev–Trinajstić information content (AvgIpc) is 2.83. The first-order valence-corrected chi connectivity index (χ1v) is 11.9. The number of carbonyl (C=O) groups excluding carboxylic acids is 1. The maximum absolute atomic E-state index is 13.3. The van der Waals surface area contributed by atoms with E-state index in [1.54, 1.807) is 67.8 Å². The van der Waals surface area contributed by atoms with Crippen molar-refractivity contribution in [3.63, 3.8) is 0 Å². The minimum absolute atomic E-state index is 0.134. The van der Waals surface area contributed by atoms with Crippen LogP contribution in [0.4, 0.5) is 5.69 Å². The lowest BCUT2D eigenvalue weighted by Crippen LogP contribution is -2.33. The van der Waals surface area contributed by atoms with Crippen LogP contribution in [0.3, 0.4) is 0 Å². The molecule has 0 saturated carbocycles. The maximum Gasteiger partial charge on any atom is 0.243 e. The normalized spacial score (nSPS) is 12.3. The number of amides is 1. The summed E-state index contributed by atoms with van der Waals surface area (Å²) >= 11 is 6.06. The highest BCUT2D eigenvalue weighted by atomic mass is 35.5. The van der Waals surface area contributed by atoms with Crippen LogP contribution in [0.15, 0.2) is 77.7 Å². The van der Waals surface area contributed by atoms with E-state index in [9.17, 15) is 13.2 Å². The highest BCUT2D eigenvalue weighted by molar-refractivity contribution is 7.89. The zero-order valence-electron chi connectivity index (χ0n) is 18.5. The van der Waals surface area contributed by atoms with Crippen LogP contribution in [0.5, 0.6) is 11.5 Å². The first-order chi connectivity index (χ1) is 15.8. The number of hydrogen-bond donors (Lipinski definition) is 1.